The molecule has 242 valence electrons. The van der Waals surface area contributed by atoms with E-state index in [1.807, 2.05) is 0 Å². The highest BCUT2D eigenvalue weighted by Crippen LogP contribution is 2.49. The van der Waals surface area contributed by atoms with Crippen molar-refractivity contribution in [2.75, 3.05) is 0 Å². The fourth-order valence-electron chi connectivity index (χ4n) is 9.77. The van der Waals surface area contributed by atoms with E-state index in [9.17, 15) is 0 Å². The number of hydrogen-bond donors (Lipinski definition) is 0. The third kappa shape index (κ3) is 3.61. The molecule has 0 saturated carbocycles. The highest BCUT2D eigenvalue weighted by atomic mass is 16.3. The second kappa shape index (κ2) is 9.88. The van der Waals surface area contributed by atoms with Crippen molar-refractivity contribution < 1.29 is 4.42 Å². The van der Waals surface area contributed by atoms with Crippen LogP contribution in [0.5, 0.6) is 0 Å². The van der Waals surface area contributed by atoms with E-state index in [1.165, 1.54) is 108 Å². The van der Waals surface area contributed by atoms with Crippen LogP contribution in [0.25, 0.3) is 130 Å². The Hall–Kier alpha value is -6.96. The van der Waals surface area contributed by atoms with Crippen LogP contribution in [0.15, 0.2) is 174 Å². The van der Waals surface area contributed by atoms with Crippen molar-refractivity contribution in [3.05, 3.63) is 170 Å². The van der Waals surface area contributed by atoms with E-state index in [2.05, 4.69) is 170 Å². The SMILES string of the molecule is c1ccc2cc3c(cc2c1)oc1c2c(-c4ccc5ccc6cccc7ccc4c5c67)cccc2cc(-c2ccc4ccc5cccc6ccc2c4c56)c31. The standard InChI is InChI=1S/C52H28O/c1-2-7-36-28-45-44(26-35(36)6-1)51-43(39-23-19-34-17-15-30-9-4-11-32-21-25-42(39)49(34)47(30)32)27-37-12-5-13-40(50(37)52(51)53-45)38-22-18-33-16-14-29-8-3-10-31-20-24-41(38)48(33)46(29)31/h1-28H. The zero-order valence-corrected chi connectivity index (χ0v) is 28.6. The molecule has 1 aromatic heterocycles. The summed E-state index contributed by atoms with van der Waals surface area (Å²) in [6, 6.07) is 63.1. The molecule has 0 aliphatic heterocycles. The molecule has 0 aliphatic carbocycles. The van der Waals surface area contributed by atoms with Crippen LogP contribution < -0.4 is 0 Å². The van der Waals surface area contributed by atoms with Gasteiger partial charge >= 0.3 is 0 Å². The smallest absolute Gasteiger partial charge is 0.144 e. The van der Waals surface area contributed by atoms with Gasteiger partial charge in [0.05, 0.1) is 0 Å². The minimum absolute atomic E-state index is 0.912. The Morgan fingerprint density at radius 1 is 0.245 bits per heavy atom. The van der Waals surface area contributed by atoms with Crippen molar-refractivity contribution in [3.8, 4) is 22.3 Å². The van der Waals surface area contributed by atoms with Crippen LogP contribution in [0, 0.1) is 0 Å². The molecule has 0 atom stereocenters. The highest BCUT2D eigenvalue weighted by Gasteiger charge is 2.23. The lowest BCUT2D eigenvalue weighted by Crippen LogP contribution is -1.91. The molecule has 0 amide bonds. The van der Waals surface area contributed by atoms with Crippen LogP contribution in [0.1, 0.15) is 0 Å². The van der Waals surface area contributed by atoms with Crippen molar-refractivity contribution in [3.63, 3.8) is 0 Å². The van der Waals surface area contributed by atoms with E-state index in [0.717, 1.165) is 21.9 Å². The molecule has 0 fully saturated rings. The molecule has 0 spiro atoms. The molecule has 1 heterocycles. The molecule has 0 bridgehead atoms. The van der Waals surface area contributed by atoms with Crippen molar-refractivity contribution in [1.29, 1.82) is 0 Å². The lowest BCUT2D eigenvalue weighted by atomic mass is 9.85. The predicted molar refractivity (Wildman–Crippen MR) is 227 cm³/mol. The first kappa shape index (κ1) is 27.7. The van der Waals surface area contributed by atoms with Crippen LogP contribution in [0.4, 0.5) is 0 Å². The van der Waals surface area contributed by atoms with Gasteiger partial charge in [0.15, 0.2) is 0 Å². The van der Waals surface area contributed by atoms with Crippen LogP contribution in [0.3, 0.4) is 0 Å². The Kier molecular flexibility index (Phi) is 5.17. The Labute approximate surface area is 303 Å². The van der Waals surface area contributed by atoms with Gasteiger partial charge in [-0.25, -0.2) is 0 Å². The Balaban J connectivity index is 1.20. The molecule has 0 aliphatic rings. The quantitative estimate of drug-likeness (QED) is 0.167. The summed E-state index contributed by atoms with van der Waals surface area (Å²) in [7, 11) is 0. The van der Waals surface area contributed by atoms with Gasteiger partial charge < -0.3 is 4.42 Å². The number of fused-ring (bicyclic) bond motifs is 6. The number of hydrogen-bond acceptors (Lipinski definition) is 1. The van der Waals surface area contributed by atoms with Gasteiger partial charge in [-0.2, -0.15) is 0 Å². The van der Waals surface area contributed by atoms with E-state index in [-0.39, 0.29) is 0 Å². The second-order valence-electron chi connectivity index (χ2n) is 14.8. The minimum Gasteiger partial charge on any atom is -0.455 e. The lowest BCUT2D eigenvalue weighted by molar-refractivity contribution is 0.673. The zero-order valence-electron chi connectivity index (χ0n) is 28.6. The molecule has 0 radical (unpaired) electrons. The van der Waals surface area contributed by atoms with E-state index in [4.69, 9.17) is 4.42 Å². The largest absolute Gasteiger partial charge is 0.455 e. The summed E-state index contributed by atoms with van der Waals surface area (Å²) < 4.78 is 7.15. The number of furan rings is 1. The van der Waals surface area contributed by atoms with E-state index >= 15 is 0 Å². The first-order valence-electron chi connectivity index (χ1n) is 18.4. The van der Waals surface area contributed by atoms with E-state index in [0.29, 0.717) is 0 Å². The summed E-state index contributed by atoms with van der Waals surface area (Å²) in [5.41, 5.74) is 6.70. The molecule has 0 saturated heterocycles. The summed E-state index contributed by atoms with van der Waals surface area (Å²) in [4.78, 5) is 0. The van der Waals surface area contributed by atoms with Gasteiger partial charge in [-0.1, -0.05) is 152 Å². The van der Waals surface area contributed by atoms with Crippen molar-refractivity contribution in [2.45, 2.75) is 0 Å². The fraction of sp³-hybridized carbons (Fsp3) is 0. The fourth-order valence-corrected chi connectivity index (χ4v) is 9.77. The normalized spacial score (nSPS) is 12.5. The molecule has 0 N–H and O–H groups in total. The third-order valence-electron chi connectivity index (χ3n) is 12.1. The van der Waals surface area contributed by atoms with Gasteiger partial charge in [0.1, 0.15) is 11.2 Å². The van der Waals surface area contributed by atoms with Crippen LogP contribution in [-0.4, -0.2) is 0 Å². The average Bonchev–Trinajstić information content (AvgIpc) is 3.59. The molecule has 53 heavy (non-hydrogen) atoms. The predicted octanol–water partition coefficient (Wildman–Crippen LogP) is 15.0. The van der Waals surface area contributed by atoms with Crippen molar-refractivity contribution >= 4 is 108 Å². The topological polar surface area (TPSA) is 13.1 Å². The van der Waals surface area contributed by atoms with Gasteiger partial charge in [-0.05, 0) is 121 Å². The van der Waals surface area contributed by atoms with Gasteiger partial charge in [0.2, 0.25) is 0 Å². The summed E-state index contributed by atoms with van der Waals surface area (Å²) >= 11 is 0. The summed E-state index contributed by atoms with van der Waals surface area (Å²) in [5, 5.41) is 22.5. The van der Waals surface area contributed by atoms with Crippen molar-refractivity contribution in [1.82, 2.24) is 0 Å². The third-order valence-corrected chi connectivity index (χ3v) is 12.1. The maximum absolute atomic E-state index is 7.15. The van der Waals surface area contributed by atoms with Gasteiger partial charge in [0.25, 0.3) is 0 Å². The maximum atomic E-state index is 7.15. The van der Waals surface area contributed by atoms with Crippen LogP contribution >= 0.6 is 0 Å². The van der Waals surface area contributed by atoms with E-state index < -0.39 is 0 Å². The lowest BCUT2D eigenvalue weighted by Gasteiger charge is -2.17. The molecule has 12 aromatic carbocycles. The van der Waals surface area contributed by atoms with Gasteiger partial charge in [-0.3, -0.25) is 0 Å². The summed E-state index contributed by atoms with van der Waals surface area (Å²) in [6.45, 7) is 0. The summed E-state index contributed by atoms with van der Waals surface area (Å²) in [6.07, 6.45) is 0. The first-order chi connectivity index (χ1) is 26.3. The van der Waals surface area contributed by atoms with Gasteiger partial charge in [-0.15, -0.1) is 0 Å². The number of rotatable bonds is 2. The zero-order chi connectivity index (χ0) is 34.4. The Bertz CT molecular complexity index is 3640. The van der Waals surface area contributed by atoms with Crippen LogP contribution in [-0.2, 0) is 0 Å². The summed E-state index contributed by atoms with van der Waals surface area (Å²) in [5.74, 6) is 0. The Morgan fingerprint density at radius 3 is 1.34 bits per heavy atom. The first-order valence-corrected chi connectivity index (χ1v) is 18.4. The molecule has 1 heteroatoms. The van der Waals surface area contributed by atoms with Crippen LogP contribution in [0.2, 0.25) is 0 Å². The minimum atomic E-state index is 0.912. The molecular formula is C52H28O. The molecule has 13 rings (SSSR count). The molecule has 0 unspecified atom stereocenters. The van der Waals surface area contributed by atoms with Crippen molar-refractivity contribution in [2.24, 2.45) is 0 Å². The molecular weight excluding hydrogens is 641 g/mol. The number of benzene rings is 12. The Morgan fingerprint density at radius 2 is 0.717 bits per heavy atom. The van der Waals surface area contributed by atoms with E-state index in [1.54, 1.807) is 0 Å². The second-order valence-corrected chi connectivity index (χ2v) is 14.8. The maximum Gasteiger partial charge on any atom is 0.144 e. The van der Waals surface area contributed by atoms with Gasteiger partial charge in [0, 0.05) is 16.2 Å². The molecule has 13 aromatic rings. The monoisotopic (exact) mass is 668 g/mol. The molecule has 1 nitrogen and oxygen atoms in total. The average molecular weight is 669 g/mol. The highest BCUT2D eigenvalue weighted by molar-refractivity contribution is 6.32.